The molecule has 2 aromatic heterocycles. The number of hydrogen-bond acceptors (Lipinski definition) is 3. The zero-order valence-corrected chi connectivity index (χ0v) is 14.3. The first-order chi connectivity index (χ1) is 11.0. The van der Waals surface area contributed by atoms with Gasteiger partial charge in [-0.15, -0.1) is 0 Å². The van der Waals surface area contributed by atoms with Crippen molar-refractivity contribution in [3.8, 4) is 0 Å². The van der Waals surface area contributed by atoms with Gasteiger partial charge in [0, 0.05) is 30.3 Å². The van der Waals surface area contributed by atoms with Gasteiger partial charge in [0.15, 0.2) is 0 Å². The third-order valence-corrected chi connectivity index (χ3v) is 4.79. The maximum Gasteiger partial charge on any atom is 0.229 e. The van der Waals surface area contributed by atoms with Crippen LogP contribution in [-0.2, 0) is 4.79 Å². The third kappa shape index (κ3) is 3.19. The number of nitrogens with zero attached hydrogens (tertiary/aromatic N) is 2. The fourth-order valence-electron chi connectivity index (χ4n) is 3.55. The summed E-state index contributed by atoms with van der Waals surface area (Å²) >= 11 is 0. The minimum absolute atomic E-state index is 0.160. The van der Waals surface area contributed by atoms with Crippen LogP contribution in [0.2, 0.25) is 0 Å². The normalized spacial score (nSPS) is 19.8. The summed E-state index contributed by atoms with van der Waals surface area (Å²) in [5, 5.41) is 7.38. The lowest BCUT2D eigenvalue weighted by molar-refractivity contribution is -0.133. The topological polar surface area (TPSA) is 62.1 Å². The van der Waals surface area contributed by atoms with Crippen LogP contribution in [0.15, 0.2) is 16.5 Å². The summed E-state index contributed by atoms with van der Waals surface area (Å²) < 4.78 is 5.58. The average molecular weight is 315 g/mol. The monoisotopic (exact) mass is 315 g/mol. The van der Waals surface area contributed by atoms with Crippen LogP contribution in [0.5, 0.6) is 0 Å². The molecule has 1 aliphatic rings. The van der Waals surface area contributed by atoms with Crippen LogP contribution in [-0.4, -0.2) is 34.1 Å². The van der Waals surface area contributed by atoms with Crippen LogP contribution in [0.1, 0.15) is 60.1 Å². The second-order valence-electron chi connectivity index (χ2n) is 6.69. The number of H-pyrrole nitrogens is 1. The Morgan fingerprint density at radius 2 is 2.17 bits per heavy atom. The Kier molecular flexibility index (Phi) is 4.28. The molecule has 0 radical (unpaired) electrons. The lowest BCUT2D eigenvalue weighted by atomic mass is 9.92. The van der Waals surface area contributed by atoms with E-state index in [4.69, 9.17) is 4.42 Å². The fraction of sp³-hybridized carbons (Fsp3) is 0.556. The highest BCUT2D eigenvalue weighted by Crippen LogP contribution is 2.30. The molecule has 1 saturated heterocycles. The number of likely N-dealkylation sites (tertiary alicyclic amines) is 1. The number of piperidine rings is 1. The Morgan fingerprint density at radius 3 is 2.78 bits per heavy atom. The largest absolute Gasteiger partial charge is 0.466 e. The molecule has 1 N–H and O–H groups in total. The zero-order valence-electron chi connectivity index (χ0n) is 14.3. The summed E-state index contributed by atoms with van der Waals surface area (Å²) in [5.41, 5.74) is 3.15. The average Bonchev–Trinajstić information content (AvgIpc) is 3.11. The molecule has 124 valence electrons. The van der Waals surface area contributed by atoms with E-state index in [9.17, 15) is 4.79 Å². The van der Waals surface area contributed by atoms with Gasteiger partial charge in [-0.25, -0.2) is 0 Å². The number of aryl methyl sites for hydroxylation is 3. The number of carbonyl (C=O) groups excluding carboxylic acids is 1. The van der Waals surface area contributed by atoms with Crippen LogP contribution in [0.3, 0.4) is 0 Å². The highest BCUT2D eigenvalue weighted by Gasteiger charge is 2.30. The lowest BCUT2D eigenvalue weighted by Crippen LogP contribution is -2.41. The Balaban J connectivity index is 1.73. The second-order valence-corrected chi connectivity index (χ2v) is 6.69. The van der Waals surface area contributed by atoms with Crippen molar-refractivity contribution in [2.45, 2.75) is 52.4 Å². The molecule has 2 atom stereocenters. The fourth-order valence-corrected chi connectivity index (χ4v) is 3.55. The van der Waals surface area contributed by atoms with Gasteiger partial charge in [-0.05, 0) is 52.7 Å². The van der Waals surface area contributed by atoms with Crippen molar-refractivity contribution in [2.75, 3.05) is 13.1 Å². The molecule has 0 aromatic carbocycles. The lowest BCUT2D eigenvalue weighted by Gasteiger charge is -2.33. The molecule has 0 saturated carbocycles. The molecule has 1 amide bonds. The number of nitrogens with one attached hydrogen (secondary N) is 1. The van der Waals surface area contributed by atoms with Gasteiger partial charge in [-0.3, -0.25) is 9.89 Å². The van der Waals surface area contributed by atoms with Crippen molar-refractivity contribution in [1.29, 1.82) is 0 Å². The number of aromatic amines is 1. The van der Waals surface area contributed by atoms with Crippen LogP contribution in [0.25, 0.3) is 0 Å². The van der Waals surface area contributed by atoms with Crippen molar-refractivity contribution in [1.82, 2.24) is 15.1 Å². The first-order valence-corrected chi connectivity index (χ1v) is 8.33. The Morgan fingerprint density at radius 1 is 1.39 bits per heavy atom. The summed E-state index contributed by atoms with van der Waals surface area (Å²) in [5.74, 6) is 2.07. The molecular weight excluding hydrogens is 290 g/mol. The first-order valence-electron chi connectivity index (χ1n) is 8.33. The van der Waals surface area contributed by atoms with Crippen molar-refractivity contribution >= 4 is 5.91 Å². The quantitative estimate of drug-likeness (QED) is 0.944. The summed E-state index contributed by atoms with van der Waals surface area (Å²) in [6, 6.07) is 4.07. The molecule has 0 unspecified atom stereocenters. The SMILES string of the molecule is Cc1cc([C@@H]2CCCN(C(=O)[C@@H](C)c3cc(C)oc3C)C2)n[nH]1. The van der Waals surface area contributed by atoms with E-state index in [0.29, 0.717) is 5.92 Å². The van der Waals surface area contributed by atoms with Gasteiger partial charge in [-0.1, -0.05) is 0 Å². The van der Waals surface area contributed by atoms with Crippen molar-refractivity contribution in [2.24, 2.45) is 0 Å². The standard InChI is InChI=1S/C18H25N3O2/c1-11-8-17(20-19-11)15-6-5-7-21(10-15)18(22)13(3)16-9-12(2)23-14(16)4/h8-9,13,15H,5-7,10H2,1-4H3,(H,19,20)/t13-,15+/m0/s1. The predicted octanol–water partition coefficient (Wildman–Crippen LogP) is 3.44. The van der Waals surface area contributed by atoms with E-state index in [1.807, 2.05) is 38.7 Å². The maximum atomic E-state index is 12.9. The summed E-state index contributed by atoms with van der Waals surface area (Å²) in [6.07, 6.45) is 2.12. The summed E-state index contributed by atoms with van der Waals surface area (Å²) in [4.78, 5) is 14.9. The second kappa shape index (κ2) is 6.22. The summed E-state index contributed by atoms with van der Waals surface area (Å²) in [6.45, 7) is 9.42. The molecule has 2 aromatic rings. The molecule has 5 heteroatoms. The van der Waals surface area contributed by atoms with E-state index in [2.05, 4.69) is 16.3 Å². The molecule has 0 bridgehead atoms. The van der Waals surface area contributed by atoms with E-state index in [1.165, 1.54) is 0 Å². The van der Waals surface area contributed by atoms with Gasteiger partial charge in [0.05, 0.1) is 11.6 Å². The zero-order chi connectivity index (χ0) is 16.6. The van der Waals surface area contributed by atoms with Crippen LogP contribution in [0, 0.1) is 20.8 Å². The first kappa shape index (κ1) is 15.8. The number of amides is 1. The minimum Gasteiger partial charge on any atom is -0.466 e. The number of aromatic nitrogens is 2. The molecule has 1 fully saturated rings. The van der Waals surface area contributed by atoms with Crippen LogP contribution >= 0.6 is 0 Å². The van der Waals surface area contributed by atoms with Crippen LogP contribution < -0.4 is 0 Å². The molecular formula is C18H25N3O2. The maximum absolute atomic E-state index is 12.9. The van der Waals surface area contributed by atoms with Crippen molar-refractivity contribution in [3.63, 3.8) is 0 Å². The highest BCUT2D eigenvalue weighted by molar-refractivity contribution is 5.83. The predicted molar refractivity (Wildman–Crippen MR) is 88.5 cm³/mol. The Bertz CT molecular complexity index is 701. The van der Waals surface area contributed by atoms with Gasteiger partial charge in [0.2, 0.25) is 5.91 Å². The summed E-state index contributed by atoms with van der Waals surface area (Å²) in [7, 11) is 0. The Hall–Kier alpha value is -2.04. The van der Waals surface area contributed by atoms with Crippen LogP contribution in [0.4, 0.5) is 0 Å². The van der Waals surface area contributed by atoms with Gasteiger partial charge in [0.1, 0.15) is 11.5 Å². The Labute approximate surface area is 137 Å². The van der Waals surface area contributed by atoms with E-state index in [0.717, 1.165) is 54.4 Å². The molecule has 5 nitrogen and oxygen atoms in total. The molecule has 0 aliphatic carbocycles. The molecule has 3 rings (SSSR count). The number of furan rings is 1. The molecule has 0 spiro atoms. The van der Waals surface area contributed by atoms with Gasteiger partial charge in [-0.2, -0.15) is 5.10 Å². The van der Waals surface area contributed by atoms with Gasteiger partial charge < -0.3 is 9.32 Å². The smallest absolute Gasteiger partial charge is 0.229 e. The van der Waals surface area contributed by atoms with E-state index in [1.54, 1.807) is 0 Å². The van der Waals surface area contributed by atoms with E-state index < -0.39 is 0 Å². The number of rotatable bonds is 3. The molecule has 23 heavy (non-hydrogen) atoms. The van der Waals surface area contributed by atoms with E-state index in [-0.39, 0.29) is 11.8 Å². The molecule has 3 heterocycles. The molecule has 1 aliphatic heterocycles. The van der Waals surface area contributed by atoms with Crippen molar-refractivity contribution < 1.29 is 9.21 Å². The van der Waals surface area contributed by atoms with Gasteiger partial charge >= 0.3 is 0 Å². The van der Waals surface area contributed by atoms with Gasteiger partial charge in [0.25, 0.3) is 0 Å². The number of hydrogen-bond donors (Lipinski definition) is 1. The van der Waals surface area contributed by atoms with E-state index >= 15 is 0 Å². The highest BCUT2D eigenvalue weighted by atomic mass is 16.3. The number of carbonyl (C=O) groups is 1. The van der Waals surface area contributed by atoms with Crippen molar-refractivity contribution in [3.05, 3.63) is 40.6 Å². The third-order valence-electron chi connectivity index (χ3n) is 4.79. The minimum atomic E-state index is -0.160.